The van der Waals surface area contributed by atoms with E-state index in [0.29, 0.717) is 5.65 Å². The Hall–Kier alpha value is -2.69. The number of benzene rings is 1. The fraction of sp³-hybridized carbons (Fsp3) is 0.133. The Morgan fingerprint density at radius 2 is 2.00 bits per heavy atom. The first-order valence-electron chi connectivity index (χ1n) is 6.25. The second kappa shape index (κ2) is 5.13. The zero-order valence-electron chi connectivity index (χ0n) is 11.0. The summed E-state index contributed by atoms with van der Waals surface area (Å²) in [6.07, 6.45) is 2.65. The fourth-order valence-corrected chi connectivity index (χ4v) is 2.01. The van der Waals surface area contributed by atoms with Gasteiger partial charge in [-0.25, -0.2) is 19.3 Å². The van der Waals surface area contributed by atoms with E-state index in [1.807, 2.05) is 43.3 Å². The number of carbonyl (C=O) groups is 1. The Morgan fingerprint density at radius 1 is 1.20 bits per heavy atom. The van der Waals surface area contributed by atoms with Gasteiger partial charge in [0.05, 0.1) is 5.69 Å². The molecule has 1 aromatic carbocycles. The van der Waals surface area contributed by atoms with Gasteiger partial charge in [-0.1, -0.05) is 30.3 Å². The second-order valence-electron chi connectivity index (χ2n) is 4.42. The molecule has 5 nitrogen and oxygen atoms in total. The first kappa shape index (κ1) is 12.3. The van der Waals surface area contributed by atoms with Crippen molar-refractivity contribution in [1.82, 2.24) is 14.5 Å². The molecule has 3 rings (SSSR count). The lowest BCUT2D eigenvalue weighted by Gasteiger charge is -2.06. The average Bonchev–Trinajstić information content (AvgIpc) is 2.91. The van der Waals surface area contributed by atoms with Crippen LogP contribution in [0.15, 0.2) is 48.9 Å². The Bertz CT molecular complexity index is 750. The number of hydrogen-bond acceptors (Lipinski definition) is 4. The second-order valence-corrected chi connectivity index (χ2v) is 4.42. The smallest absolute Gasteiger partial charge is 0.420 e. The van der Waals surface area contributed by atoms with Crippen LogP contribution in [0.1, 0.15) is 11.3 Å². The lowest BCUT2D eigenvalue weighted by Crippen LogP contribution is -2.13. The maximum atomic E-state index is 12.1. The van der Waals surface area contributed by atoms with E-state index < -0.39 is 6.09 Å². The third-order valence-electron chi connectivity index (χ3n) is 3.08. The van der Waals surface area contributed by atoms with Gasteiger partial charge in [0.1, 0.15) is 12.9 Å². The summed E-state index contributed by atoms with van der Waals surface area (Å²) in [6, 6.07) is 11.4. The summed E-state index contributed by atoms with van der Waals surface area (Å²) in [5.41, 5.74) is 2.35. The van der Waals surface area contributed by atoms with E-state index >= 15 is 0 Å². The number of fused-ring (bicyclic) bond motifs is 1. The molecule has 0 aliphatic heterocycles. The zero-order chi connectivity index (χ0) is 13.9. The van der Waals surface area contributed by atoms with E-state index in [2.05, 4.69) is 9.97 Å². The Balaban J connectivity index is 1.81. The van der Waals surface area contributed by atoms with Crippen molar-refractivity contribution in [3.63, 3.8) is 0 Å². The molecule has 0 atom stereocenters. The Labute approximate surface area is 115 Å². The number of hydrogen-bond donors (Lipinski definition) is 0. The lowest BCUT2D eigenvalue weighted by molar-refractivity contribution is 0.142. The maximum absolute atomic E-state index is 12.1. The van der Waals surface area contributed by atoms with Crippen LogP contribution < -0.4 is 0 Å². The lowest BCUT2D eigenvalue weighted by atomic mass is 10.2. The minimum absolute atomic E-state index is 0.239. The first-order chi connectivity index (χ1) is 9.75. The summed E-state index contributed by atoms with van der Waals surface area (Å²) in [7, 11) is 0. The van der Waals surface area contributed by atoms with E-state index in [-0.39, 0.29) is 6.61 Å². The van der Waals surface area contributed by atoms with Gasteiger partial charge in [0, 0.05) is 11.6 Å². The molecule has 100 valence electrons. The van der Waals surface area contributed by atoms with E-state index in [9.17, 15) is 4.79 Å². The van der Waals surface area contributed by atoms with Gasteiger partial charge < -0.3 is 4.74 Å². The zero-order valence-corrected chi connectivity index (χ0v) is 11.0. The standard InChI is InChI=1S/C15H13N3O2/c1-11-13-7-8-18(14(13)17-10-16-11)15(19)20-9-12-5-3-2-4-6-12/h2-8,10H,9H2,1H3. The molecule has 0 aliphatic carbocycles. The van der Waals surface area contributed by atoms with Gasteiger partial charge >= 0.3 is 6.09 Å². The van der Waals surface area contributed by atoms with Crippen molar-refractivity contribution >= 4 is 17.1 Å². The Kier molecular flexibility index (Phi) is 3.16. The molecule has 0 N–H and O–H groups in total. The van der Waals surface area contributed by atoms with Gasteiger partial charge in [-0.05, 0) is 18.6 Å². The molecule has 0 aliphatic rings. The van der Waals surface area contributed by atoms with Crippen LogP contribution in [0.3, 0.4) is 0 Å². The third kappa shape index (κ3) is 2.25. The molecule has 0 spiro atoms. The minimum atomic E-state index is -0.443. The average molecular weight is 267 g/mol. The predicted octanol–water partition coefficient (Wildman–Crippen LogP) is 2.92. The molecule has 0 saturated heterocycles. The molecule has 5 heteroatoms. The normalized spacial score (nSPS) is 10.7. The summed E-state index contributed by atoms with van der Waals surface area (Å²) in [6.45, 7) is 2.12. The van der Waals surface area contributed by atoms with Crippen molar-refractivity contribution in [3.05, 3.63) is 60.2 Å². The van der Waals surface area contributed by atoms with Crippen molar-refractivity contribution in [2.75, 3.05) is 0 Å². The van der Waals surface area contributed by atoms with Gasteiger partial charge in [-0.15, -0.1) is 0 Å². The summed E-state index contributed by atoms with van der Waals surface area (Å²) in [5.74, 6) is 0. The number of rotatable bonds is 2. The van der Waals surface area contributed by atoms with Crippen molar-refractivity contribution in [1.29, 1.82) is 0 Å². The molecule has 0 fully saturated rings. The predicted molar refractivity (Wildman–Crippen MR) is 74.3 cm³/mol. The van der Waals surface area contributed by atoms with Crippen LogP contribution in [-0.2, 0) is 11.3 Å². The van der Waals surface area contributed by atoms with Gasteiger partial charge in [0.15, 0.2) is 5.65 Å². The Morgan fingerprint density at radius 3 is 2.80 bits per heavy atom. The van der Waals surface area contributed by atoms with Gasteiger partial charge in [0.25, 0.3) is 0 Å². The molecule has 0 radical (unpaired) electrons. The van der Waals surface area contributed by atoms with E-state index in [0.717, 1.165) is 16.6 Å². The highest BCUT2D eigenvalue weighted by atomic mass is 16.5. The summed E-state index contributed by atoms with van der Waals surface area (Å²) in [5, 5.41) is 0.851. The topological polar surface area (TPSA) is 57.0 Å². The van der Waals surface area contributed by atoms with E-state index in [1.54, 1.807) is 6.20 Å². The number of aromatic nitrogens is 3. The highest BCUT2D eigenvalue weighted by Crippen LogP contribution is 2.15. The highest BCUT2D eigenvalue weighted by molar-refractivity contribution is 5.87. The molecule has 0 saturated carbocycles. The quantitative estimate of drug-likeness (QED) is 0.716. The number of carbonyl (C=O) groups excluding carboxylic acids is 1. The van der Waals surface area contributed by atoms with E-state index in [4.69, 9.17) is 4.74 Å². The number of nitrogens with zero attached hydrogens (tertiary/aromatic N) is 3. The van der Waals surface area contributed by atoms with Gasteiger partial charge in [-0.2, -0.15) is 0 Å². The molecule has 2 aromatic heterocycles. The third-order valence-corrected chi connectivity index (χ3v) is 3.08. The molecule has 0 unspecified atom stereocenters. The fourth-order valence-electron chi connectivity index (χ4n) is 2.01. The van der Waals surface area contributed by atoms with Crippen molar-refractivity contribution in [2.24, 2.45) is 0 Å². The van der Waals surface area contributed by atoms with Gasteiger partial charge in [0.2, 0.25) is 0 Å². The van der Waals surface area contributed by atoms with Crippen LogP contribution in [0.2, 0.25) is 0 Å². The SMILES string of the molecule is Cc1ncnc2c1ccn2C(=O)OCc1ccccc1. The van der Waals surface area contributed by atoms with Crippen molar-refractivity contribution in [3.8, 4) is 0 Å². The maximum Gasteiger partial charge on any atom is 0.420 e. The van der Waals surface area contributed by atoms with Crippen LogP contribution in [0.4, 0.5) is 4.79 Å². The first-order valence-corrected chi connectivity index (χ1v) is 6.25. The van der Waals surface area contributed by atoms with Crippen molar-refractivity contribution in [2.45, 2.75) is 13.5 Å². The molecule has 0 bridgehead atoms. The van der Waals surface area contributed by atoms with Crippen LogP contribution in [0.25, 0.3) is 11.0 Å². The summed E-state index contributed by atoms with van der Waals surface area (Å²) >= 11 is 0. The molecular weight excluding hydrogens is 254 g/mol. The molecule has 0 amide bonds. The van der Waals surface area contributed by atoms with Crippen LogP contribution in [0.5, 0.6) is 0 Å². The minimum Gasteiger partial charge on any atom is -0.444 e. The summed E-state index contributed by atoms with van der Waals surface area (Å²) < 4.78 is 6.68. The summed E-state index contributed by atoms with van der Waals surface area (Å²) in [4.78, 5) is 20.3. The van der Waals surface area contributed by atoms with Crippen molar-refractivity contribution < 1.29 is 9.53 Å². The highest BCUT2D eigenvalue weighted by Gasteiger charge is 2.12. The van der Waals surface area contributed by atoms with E-state index in [1.165, 1.54) is 10.9 Å². The van der Waals surface area contributed by atoms with Crippen LogP contribution in [0, 0.1) is 6.92 Å². The number of aryl methyl sites for hydroxylation is 1. The molecule has 3 aromatic rings. The molecule has 2 heterocycles. The largest absolute Gasteiger partial charge is 0.444 e. The van der Waals surface area contributed by atoms with Crippen LogP contribution >= 0.6 is 0 Å². The van der Waals surface area contributed by atoms with Crippen LogP contribution in [-0.4, -0.2) is 20.6 Å². The van der Waals surface area contributed by atoms with Gasteiger partial charge in [-0.3, -0.25) is 0 Å². The number of ether oxygens (including phenoxy) is 1. The molecule has 20 heavy (non-hydrogen) atoms. The monoisotopic (exact) mass is 267 g/mol. The molecular formula is C15H13N3O2.